The van der Waals surface area contributed by atoms with Crippen LogP contribution in [0, 0.1) is 11.7 Å². The second-order valence-corrected chi connectivity index (χ2v) is 10.2. The zero-order chi connectivity index (χ0) is 29.3. The van der Waals surface area contributed by atoms with E-state index in [4.69, 9.17) is 0 Å². The number of amides is 2. The summed E-state index contributed by atoms with van der Waals surface area (Å²) in [6, 6.07) is 15.0. The van der Waals surface area contributed by atoms with Gasteiger partial charge in [-0.3, -0.25) is 9.59 Å². The highest BCUT2D eigenvalue weighted by atomic mass is 19.3. The summed E-state index contributed by atoms with van der Waals surface area (Å²) < 4.78 is 43.1. The van der Waals surface area contributed by atoms with Crippen molar-refractivity contribution >= 4 is 29.4 Å². The predicted octanol–water partition coefficient (Wildman–Crippen LogP) is 4.76. The molecule has 0 aliphatic heterocycles. The molecular weight excluding hydrogens is 533 g/mol. The molecule has 212 valence electrons. The van der Waals surface area contributed by atoms with E-state index in [1.54, 1.807) is 37.5 Å². The van der Waals surface area contributed by atoms with Crippen molar-refractivity contribution in [2.75, 3.05) is 6.67 Å². The minimum absolute atomic E-state index is 0.106. The molecule has 8 nitrogen and oxygen atoms in total. The largest absolute Gasteiger partial charge is 0.350 e. The van der Waals surface area contributed by atoms with E-state index in [2.05, 4.69) is 27.4 Å². The van der Waals surface area contributed by atoms with E-state index in [0.717, 1.165) is 22.0 Å². The molecular formula is C30H29F3N6O2. The summed E-state index contributed by atoms with van der Waals surface area (Å²) in [4.78, 5) is 29.8. The summed E-state index contributed by atoms with van der Waals surface area (Å²) in [5.41, 5.74) is 3.96. The van der Waals surface area contributed by atoms with Crippen LogP contribution in [-0.4, -0.2) is 40.4 Å². The average Bonchev–Trinajstić information content (AvgIpc) is 3.27. The molecule has 4 aromatic rings. The first-order valence-corrected chi connectivity index (χ1v) is 13.1. The van der Waals surface area contributed by atoms with Crippen LogP contribution in [0.4, 0.5) is 13.2 Å². The smallest absolute Gasteiger partial charge is 0.253 e. The molecule has 41 heavy (non-hydrogen) atoms. The third kappa shape index (κ3) is 5.93. The van der Waals surface area contributed by atoms with Gasteiger partial charge in [0.25, 0.3) is 5.91 Å². The van der Waals surface area contributed by atoms with Crippen LogP contribution in [0.25, 0.3) is 22.0 Å². The number of rotatable bonds is 8. The molecule has 2 aromatic heterocycles. The predicted molar refractivity (Wildman–Crippen MR) is 150 cm³/mol. The number of fused-ring (bicyclic) bond motifs is 1. The quantitative estimate of drug-likeness (QED) is 0.303. The molecule has 1 fully saturated rings. The molecule has 0 saturated heterocycles. The molecule has 0 radical (unpaired) electrons. The Balaban J connectivity index is 1.39. The van der Waals surface area contributed by atoms with Crippen LogP contribution in [-0.2, 0) is 11.8 Å². The normalized spacial score (nSPS) is 15.8. The highest BCUT2D eigenvalue weighted by molar-refractivity contribution is 6.08. The third-order valence-corrected chi connectivity index (χ3v) is 7.29. The van der Waals surface area contributed by atoms with Gasteiger partial charge in [0, 0.05) is 55.8 Å². The SMILES string of the molecule is C=Nn1ccc(-c2ccc3c(c2)c(C(=O)NC(C)c2cccc(F)c2)cn3C)cc1=NCNC(=O)C1CC(F)(F)C1. The van der Waals surface area contributed by atoms with E-state index < -0.39 is 36.6 Å². The maximum atomic E-state index is 13.7. The summed E-state index contributed by atoms with van der Waals surface area (Å²) >= 11 is 0. The second-order valence-electron chi connectivity index (χ2n) is 10.2. The maximum absolute atomic E-state index is 13.7. The van der Waals surface area contributed by atoms with Crippen LogP contribution in [0.15, 0.2) is 77.1 Å². The van der Waals surface area contributed by atoms with Gasteiger partial charge in [0.15, 0.2) is 5.49 Å². The number of carbonyl (C=O) groups is 2. The minimum atomic E-state index is -2.77. The van der Waals surface area contributed by atoms with Crippen molar-refractivity contribution in [3.8, 4) is 11.1 Å². The van der Waals surface area contributed by atoms with Gasteiger partial charge in [0.2, 0.25) is 11.8 Å². The lowest BCUT2D eigenvalue weighted by Crippen LogP contribution is -2.45. The van der Waals surface area contributed by atoms with Crippen LogP contribution in [0.3, 0.4) is 0 Å². The summed E-state index contributed by atoms with van der Waals surface area (Å²) in [6.45, 7) is 5.23. The molecule has 0 bridgehead atoms. The highest BCUT2D eigenvalue weighted by Gasteiger charge is 2.48. The maximum Gasteiger partial charge on any atom is 0.253 e. The Morgan fingerprint density at radius 2 is 1.88 bits per heavy atom. The van der Waals surface area contributed by atoms with E-state index in [0.29, 0.717) is 16.6 Å². The first-order chi connectivity index (χ1) is 19.5. The first-order valence-electron chi connectivity index (χ1n) is 13.1. The number of hydrogen-bond donors (Lipinski definition) is 2. The van der Waals surface area contributed by atoms with Gasteiger partial charge < -0.3 is 15.2 Å². The number of pyridine rings is 1. The van der Waals surface area contributed by atoms with E-state index in [1.165, 1.54) is 16.8 Å². The number of hydrogen-bond acceptors (Lipinski definition) is 4. The number of nitrogens with one attached hydrogen (secondary N) is 2. The van der Waals surface area contributed by atoms with Crippen LogP contribution >= 0.6 is 0 Å². The standard InChI is InChI=1S/C30H29F3N6O2/c1-18(19-5-4-6-23(31)11-19)37-29(41)25-16-38(3)26-8-7-20(12-24(25)26)21-9-10-39(34-2)27(13-21)35-17-36-28(40)22-14-30(32,33)15-22/h4-13,16,18,22H,2,14-15,17H2,1,3H3,(H,36,40)(H,37,41). The van der Waals surface area contributed by atoms with Crippen LogP contribution < -0.4 is 16.1 Å². The summed E-state index contributed by atoms with van der Waals surface area (Å²) in [5.74, 6) is -4.60. The Kier molecular flexibility index (Phi) is 7.53. The van der Waals surface area contributed by atoms with Gasteiger partial charge in [-0.1, -0.05) is 18.2 Å². The van der Waals surface area contributed by atoms with Crippen molar-refractivity contribution in [1.29, 1.82) is 0 Å². The lowest BCUT2D eigenvalue weighted by Gasteiger charge is -2.33. The molecule has 2 amide bonds. The zero-order valence-corrected chi connectivity index (χ0v) is 22.6. The summed E-state index contributed by atoms with van der Waals surface area (Å²) in [5, 5.41) is 10.2. The number of nitrogens with zero attached hydrogens (tertiary/aromatic N) is 4. The monoisotopic (exact) mass is 562 g/mol. The van der Waals surface area contributed by atoms with Crippen molar-refractivity contribution in [2.24, 2.45) is 23.1 Å². The lowest BCUT2D eigenvalue weighted by atomic mass is 9.81. The van der Waals surface area contributed by atoms with Crippen molar-refractivity contribution in [3.63, 3.8) is 0 Å². The Hall–Kier alpha value is -4.67. The molecule has 1 saturated carbocycles. The Bertz CT molecular complexity index is 1720. The average molecular weight is 563 g/mol. The zero-order valence-electron chi connectivity index (χ0n) is 22.6. The fourth-order valence-corrected chi connectivity index (χ4v) is 4.97. The topological polar surface area (TPSA) is 92.8 Å². The Morgan fingerprint density at radius 3 is 2.59 bits per heavy atom. The van der Waals surface area contributed by atoms with Crippen molar-refractivity contribution in [3.05, 3.63) is 89.4 Å². The minimum Gasteiger partial charge on any atom is -0.350 e. The molecule has 1 atom stereocenters. The van der Waals surface area contributed by atoms with Crippen molar-refractivity contribution in [2.45, 2.75) is 31.7 Å². The number of halogens is 3. The number of aromatic nitrogens is 2. The first kappa shape index (κ1) is 27.9. The second kappa shape index (κ2) is 11.1. The van der Waals surface area contributed by atoms with Crippen molar-refractivity contribution in [1.82, 2.24) is 19.9 Å². The molecule has 1 unspecified atom stereocenters. The lowest BCUT2D eigenvalue weighted by molar-refractivity contribution is -0.150. The van der Waals surface area contributed by atoms with Gasteiger partial charge >= 0.3 is 0 Å². The van der Waals surface area contributed by atoms with Crippen LogP contribution in [0.5, 0.6) is 0 Å². The van der Waals surface area contributed by atoms with Gasteiger partial charge in [-0.15, -0.1) is 0 Å². The van der Waals surface area contributed by atoms with Crippen LogP contribution in [0.2, 0.25) is 0 Å². The number of carbonyl (C=O) groups excluding carboxylic acids is 2. The number of benzene rings is 2. The molecule has 0 spiro atoms. The van der Waals surface area contributed by atoms with E-state index in [-0.39, 0.29) is 18.4 Å². The van der Waals surface area contributed by atoms with Crippen LogP contribution in [0.1, 0.15) is 41.7 Å². The fraction of sp³-hybridized carbons (Fsp3) is 0.267. The molecule has 1 aliphatic rings. The molecule has 2 heterocycles. The van der Waals surface area contributed by atoms with E-state index >= 15 is 0 Å². The third-order valence-electron chi connectivity index (χ3n) is 7.29. The summed E-state index contributed by atoms with van der Waals surface area (Å²) in [6.07, 6.45) is 2.52. The van der Waals surface area contributed by atoms with E-state index in [9.17, 15) is 22.8 Å². The fourth-order valence-electron chi connectivity index (χ4n) is 4.97. The molecule has 11 heteroatoms. The number of aryl methyl sites for hydroxylation is 1. The Labute approximate surface area is 234 Å². The Morgan fingerprint density at radius 1 is 1.12 bits per heavy atom. The highest BCUT2D eigenvalue weighted by Crippen LogP contribution is 2.42. The van der Waals surface area contributed by atoms with Crippen molar-refractivity contribution < 1.29 is 22.8 Å². The van der Waals surface area contributed by atoms with E-state index in [1.807, 2.05) is 35.9 Å². The number of alkyl halides is 2. The van der Waals surface area contributed by atoms with Gasteiger partial charge in [-0.2, -0.15) is 5.10 Å². The van der Waals surface area contributed by atoms with Gasteiger partial charge in [0.1, 0.15) is 12.5 Å². The molecule has 2 N–H and O–H groups in total. The van der Waals surface area contributed by atoms with Gasteiger partial charge in [0.05, 0.1) is 11.6 Å². The van der Waals surface area contributed by atoms with Gasteiger partial charge in [-0.25, -0.2) is 22.8 Å². The molecule has 1 aliphatic carbocycles. The molecule has 2 aromatic carbocycles. The summed E-state index contributed by atoms with van der Waals surface area (Å²) in [7, 11) is 1.85. The van der Waals surface area contributed by atoms with Gasteiger partial charge in [-0.05, 0) is 60.0 Å². The molecule has 5 rings (SSSR count).